The molecule has 27 heavy (non-hydrogen) atoms. The first kappa shape index (κ1) is 18.0. The van der Waals surface area contributed by atoms with Crippen molar-refractivity contribution in [2.24, 2.45) is 0 Å². The van der Waals surface area contributed by atoms with Crippen LogP contribution in [0, 0.1) is 0 Å². The molecule has 0 aliphatic rings. The zero-order valence-electron chi connectivity index (χ0n) is 13.9. The van der Waals surface area contributed by atoms with Gasteiger partial charge < -0.3 is 0 Å². The third kappa shape index (κ3) is 3.85. The number of fused-ring (bicyclic) bond motifs is 1. The summed E-state index contributed by atoms with van der Waals surface area (Å²) < 4.78 is 1.60. The number of nitrogens with one attached hydrogen (secondary N) is 1. The summed E-state index contributed by atoms with van der Waals surface area (Å²) in [6.45, 7) is 0.507. The summed E-state index contributed by atoms with van der Waals surface area (Å²) in [6.07, 6.45) is 1.57. The number of nitrogens with zero attached hydrogens (tertiary/aromatic N) is 4. The zero-order valence-corrected chi connectivity index (χ0v) is 16.2. The van der Waals surface area contributed by atoms with Gasteiger partial charge in [-0.2, -0.15) is 0 Å². The Kier molecular flexibility index (Phi) is 5.15. The molecular weight excluding hydrogens is 405 g/mol. The summed E-state index contributed by atoms with van der Waals surface area (Å²) >= 11 is 13.6. The van der Waals surface area contributed by atoms with Crippen LogP contribution in [-0.4, -0.2) is 30.5 Å². The van der Waals surface area contributed by atoms with Gasteiger partial charge in [0.05, 0.1) is 22.3 Å². The van der Waals surface area contributed by atoms with Crippen LogP contribution in [0.1, 0.15) is 0 Å². The van der Waals surface area contributed by atoms with Crippen LogP contribution in [0.15, 0.2) is 58.7 Å². The summed E-state index contributed by atoms with van der Waals surface area (Å²) in [5, 5.41) is 9.33. The molecule has 2 aromatic carbocycles. The number of hydrogen-bond acceptors (Lipinski definition) is 5. The number of halogens is 2. The molecule has 0 aliphatic heterocycles. The molecule has 0 saturated heterocycles. The minimum absolute atomic E-state index is 0.0511. The van der Waals surface area contributed by atoms with Gasteiger partial charge in [0.15, 0.2) is 5.82 Å². The Bertz CT molecular complexity index is 1170. The Labute approximate surface area is 168 Å². The fourth-order valence-electron chi connectivity index (χ4n) is 2.61. The maximum absolute atomic E-state index is 12.5. The average Bonchev–Trinajstić information content (AvgIpc) is 3.12. The fraction of sp³-hybridized carbons (Fsp3) is 0.111. The quantitative estimate of drug-likeness (QED) is 0.490. The Balaban J connectivity index is 1.45. The van der Waals surface area contributed by atoms with Crippen LogP contribution in [0.2, 0.25) is 10.0 Å². The fourth-order valence-corrected chi connectivity index (χ4v) is 3.85. The Hall–Kier alpha value is -2.35. The Morgan fingerprint density at radius 3 is 2.85 bits per heavy atom. The van der Waals surface area contributed by atoms with Crippen molar-refractivity contribution in [2.75, 3.05) is 5.75 Å². The van der Waals surface area contributed by atoms with Gasteiger partial charge in [-0.25, -0.2) is 9.97 Å². The molecule has 0 saturated carbocycles. The molecule has 2 aromatic heterocycles. The zero-order chi connectivity index (χ0) is 18.8. The lowest BCUT2D eigenvalue weighted by molar-refractivity contribution is 0.724. The van der Waals surface area contributed by atoms with Crippen LogP contribution in [0.4, 0.5) is 0 Å². The number of H-pyrrole nitrogens is 1. The number of aryl methyl sites for hydroxylation is 1. The lowest BCUT2D eigenvalue weighted by Crippen LogP contribution is -2.21. The Morgan fingerprint density at radius 2 is 2.00 bits per heavy atom. The molecule has 0 bridgehead atoms. The standard InChI is InChI=1S/C18H13Cl2N5OS/c19-11-5-6-12(14(20)9-11)16-22-18(24-23-16)27-8-7-25-10-21-15-4-2-1-3-13(15)17(25)26/h1-6,9-10H,7-8H2,(H,22,23,24). The lowest BCUT2D eigenvalue weighted by Gasteiger charge is -2.05. The highest BCUT2D eigenvalue weighted by atomic mass is 35.5. The second kappa shape index (κ2) is 7.72. The van der Waals surface area contributed by atoms with Crippen molar-refractivity contribution < 1.29 is 0 Å². The third-order valence-electron chi connectivity index (χ3n) is 3.95. The minimum Gasteiger partial charge on any atom is -0.298 e. The molecule has 0 radical (unpaired) electrons. The van der Waals surface area contributed by atoms with Crippen LogP contribution < -0.4 is 5.56 Å². The normalized spacial score (nSPS) is 11.2. The van der Waals surface area contributed by atoms with Gasteiger partial charge >= 0.3 is 0 Å². The molecule has 0 atom stereocenters. The molecule has 0 spiro atoms. The smallest absolute Gasteiger partial charge is 0.261 e. The van der Waals surface area contributed by atoms with Crippen LogP contribution >= 0.6 is 35.0 Å². The highest BCUT2D eigenvalue weighted by Crippen LogP contribution is 2.29. The number of para-hydroxylation sites is 1. The number of hydrogen-bond donors (Lipinski definition) is 1. The minimum atomic E-state index is -0.0511. The SMILES string of the molecule is O=c1c2ccccc2ncn1CCSc1n[nH]c(-c2ccc(Cl)cc2Cl)n1. The first-order valence-corrected chi connectivity index (χ1v) is 9.81. The predicted octanol–water partition coefficient (Wildman–Crippen LogP) is 4.28. The summed E-state index contributed by atoms with van der Waals surface area (Å²) in [7, 11) is 0. The number of benzene rings is 2. The van der Waals surface area contributed by atoms with E-state index in [-0.39, 0.29) is 5.56 Å². The topological polar surface area (TPSA) is 76.5 Å². The maximum Gasteiger partial charge on any atom is 0.261 e. The summed E-state index contributed by atoms with van der Waals surface area (Å²) in [5.41, 5.74) is 1.38. The molecule has 0 fully saturated rings. The largest absolute Gasteiger partial charge is 0.298 e. The molecule has 4 rings (SSSR count). The van der Waals surface area contributed by atoms with Crippen molar-refractivity contribution in [3.8, 4) is 11.4 Å². The monoisotopic (exact) mass is 417 g/mol. The van der Waals surface area contributed by atoms with E-state index in [1.54, 1.807) is 35.2 Å². The first-order valence-electron chi connectivity index (χ1n) is 8.06. The average molecular weight is 418 g/mol. The summed E-state index contributed by atoms with van der Waals surface area (Å²) in [4.78, 5) is 21.2. The molecule has 6 nitrogen and oxygen atoms in total. The van der Waals surface area contributed by atoms with Gasteiger partial charge in [0, 0.05) is 22.9 Å². The maximum atomic E-state index is 12.5. The van der Waals surface area contributed by atoms with Gasteiger partial charge in [-0.15, -0.1) is 5.10 Å². The van der Waals surface area contributed by atoms with E-state index in [2.05, 4.69) is 20.2 Å². The van der Waals surface area contributed by atoms with Crippen molar-refractivity contribution >= 4 is 45.9 Å². The van der Waals surface area contributed by atoms with Crippen molar-refractivity contribution in [3.05, 3.63) is 69.2 Å². The first-order chi connectivity index (χ1) is 13.1. The number of thioether (sulfide) groups is 1. The van der Waals surface area contributed by atoms with E-state index in [0.717, 1.165) is 5.56 Å². The molecule has 136 valence electrons. The molecular formula is C18H13Cl2N5OS. The summed E-state index contributed by atoms with van der Waals surface area (Å²) in [5.74, 6) is 1.20. The number of aromatic amines is 1. The molecule has 0 unspecified atom stereocenters. The molecule has 0 aliphatic carbocycles. The van der Waals surface area contributed by atoms with E-state index in [9.17, 15) is 4.79 Å². The van der Waals surface area contributed by atoms with Gasteiger partial charge in [-0.1, -0.05) is 47.1 Å². The molecule has 2 heterocycles. The van der Waals surface area contributed by atoms with Crippen LogP contribution in [-0.2, 0) is 6.54 Å². The van der Waals surface area contributed by atoms with Crippen molar-refractivity contribution in [1.82, 2.24) is 24.7 Å². The van der Waals surface area contributed by atoms with Gasteiger partial charge in [0.1, 0.15) is 0 Å². The molecule has 4 aromatic rings. The van der Waals surface area contributed by atoms with Crippen LogP contribution in [0.3, 0.4) is 0 Å². The van der Waals surface area contributed by atoms with E-state index in [0.29, 0.717) is 44.2 Å². The second-order valence-electron chi connectivity index (χ2n) is 5.70. The van der Waals surface area contributed by atoms with E-state index in [1.165, 1.54) is 11.8 Å². The van der Waals surface area contributed by atoms with Crippen LogP contribution in [0.25, 0.3) is 22.3 Å². The van der Waals surface area contributed by atoms with Crippen molar-refractivity contribution in [1.29, 1.82) is 0 Å². The van der Waals surface area contributed by atoms with E-state index >= 15 is 0 Å². The van der Waals surface area contributed by atoms with E-state index < -0.39 is 0 Å². The Morgan fingerprint density at radius 1 is 1.15 bits per heavy atom. The van der Waals surface area contributed by atoms with E-state index in [1.807, 2.05) is 18.2 Å². The second-order valence-corrected chi connectivity index (χ2v) is 7.61. The van der Waals surface area contributed by atoms with Crippen LogP contribution in [0.5, 0.6) is 0 Å². The third-order valence-corrected chi connectivity index (χ3v) is 5.32. The van der Waals surface area contributed by atoms with Gasteiger partial charge in [0.25, 0.3) is 5.56 Å². The van der Waals surface area contributed by atoms with Gasteiger partial charge in [-0.05, 0) is 30.3 Å². The van der Waals surface area contributed by atoms with E-state index in [4.69, 9.17) is 23.2 Å². The number of aromatic nitrogens is 5. The highest BCUT2D eigenvalue weighted by Gasteiger charge is 2.10. The van der Waals surface area contributed by atoms with Gasteiger partial charge in [-0.3, -0.25) is 14.5 Å². The highest BCUT2D eigenvalue weighted by molar-refractivity contribution is 7.99. The summed E-state index contributed by atoms with van der Waals surface area (Å²) in [6, 6.07) is 12.5. The predicted molar refractivity (Wildman–Crippen MR) is 109 cm³/mol. The van der Waals surface area contributed by atoms with Gasteiger partial charge in [0.2, 0.25) is 5.16 Å². The number of rotatable bonds is 5. The molecule has 1 N–H and O–H groups in total. The van der Waals surface area contributed by atoms with Crippen molar-refractivity contribution in [2.45, 2.75) is 11.7 Å². The molecule has 9 heteroatoms. The lowest BCUT2D eigenvalue weighted by atomic mass is 10.2. The molecule has 0 amide bonds. The van der Waals surface area contributed by atoms with Crippen molar-refractivity contribution in [3.63, 3.8) is 0 Å².